The number of aryl methyl sites for hydroxylation is 1. The van der Waals surface area contributed by atoms with Crippen molar-refractivity contribution < 1.29 is 0 Å². The van der Waals surface area contributed by atoms with Crippen LogP contribution in [0.4, 0.5) is 0 Å². The minimum absolute atomic E-state index is 0. The zero-order chi connectivity index (χ0) is 5.82. The van der Waals surface area contributed by atoms with Crippen LogP contribution in [0.25, 0.3) is 0 Å². The monoisotopic (exact) mass is 190 g/mol. The van der Waals surface area contributed by atoms with Crippen molar-refractivity contribution in [2.24, 2.45) is 0 Å². The van der Waals surface area contributed by atoms with Gasteiger partial charge in [0.1, 0.15) is 0 Å². The molecule has 0 fully saturated rings. The predicted molar refractivity (Wildman–Crippen MR) is 42.8 cm³/mol. The van der Waals surface area contributed by atoms with Gasteiger partial charge in [0.05, 0.1) is 0 Å². The summed E-state index contributed by atoms with van der Waals surface area (Å²) in [5.74, 6) is 0. The predicted octanol–water partition coefficient (Wildman–Crippen LogP) is 1.87. The van der Waals surface area contributed by atoms with E-state index in [4.69, 9.17) is 0 Å². The van der Waals surface area contributed by atoms with E-state index in [2.05, 4.69) is 12.0 Å². The molecule has 0 saturated heterocycles. The molecule has 0 aliphatic carbocycles. The van der Waals surface area contributed by atoms with Crippen LogP contribution in [0.5, 0.6) is 0 Å². The summed E-state index contributed by atoms with van der Waals surface area (Å²) >= 11 is 0. The lowest BCUT2D eigenvalue weighted by molar-refractivity contribution is 0.603. The molecule has 1 heterocycles. The Morgan fingerprint density at radius 1 is 1.56 bits per heavy atom. The topological polar surface area (TPSA) is 17.8 Å². The molecule has 9 heavy (non-hydrogen) atoms. The van der Waals surface area contributed by atoms with Gasteiger partial charge in [0.2, 0.25) is 0 Å². The Morgan fingerprint density at radius 3 is 2.78 bits per heavy atom. The lowest BCUT2D eigenvalue weighted by Gasteiger charge is -1.92. The average Bonchev–Trinajstić information content (AvgIpc) is 2.19. The van der Waals surface area contributed by atoms with Gasteiger partial charge in [0.15, 0.2) is 0 Å². The van der Waals surface area contributed by atoms with Crippen LogP contribution in [0.2, 0.25) is 0 Å². The molecule has 1 aromatic heterocycles. The fourth-order valence-corrected chi connectivity index (χ4v) is 0.662. The van der Waals surface area contributed by atoms with Crippen molar-refractivity contribution in [3.8, 4) is 0 Å². The van der Waals surface area contributed by atoms with E-state index in [1.54, 1.807) is 6.20 Å². The van der Waals surface area contributed by atoms with E-state index in [9.17, 15) is 0 Å². The van der Waals surface area contributed by atoms with Gasteiger partial charge in [0.25, 0.3) is 0 Å². The molecule has 0 atom stereocenters. The van der Waals surface area contributed by atoms with E-state index in [0.717, 1.165) is 13.0 Å². The van der Waals surface area contributed by atoms with E-state index in [1.165, 1.54) is 0 Å². The largest absolute Gasteiger partial charge is 0.273 e. The molecule has 1 aromatic rings. The summed E-state index contributed by atoms with van der Waals surface area (Å²) in [6.07, 6.45) is 4.93. The van der Waals surface area contributed by atoms with Gasteiger partial charge >= 0.3 is 0 Å². The lowest BCUT2D eigenvalue weighted by Crippen LogP contribution is -1.95. The van der Waals surface area contributed by atoms with Gasteiger partial charge in [-0.1, -0.05) is 6.92 Å². The third-order valence-electron chi connectivity index (χ3n) is 1.01. The maximum Gasteiger partial charge on any atom is 0.0489 e. The van der Waals surface area contributed by atoms with Crippen LogP contribution in [0.3, 0.4) is 0 Å². The van der Waals surface area contributed by atoms with Crippen molar-refractivity contribution in [3.05, 3.63) is 18.5 Å². The first kappa shape index (κ1) is 8.69. The Hall–Kier alpha value is -0.310. The maximum absolute atomic E-state index is 4.02. The van der Waals surface area contributed by atoms with Crippen LogP contribution in [0.15, 0.2) is 18.5 Å². The number of halogens is 1. The van der Waals surface area contributed by atoms with Crippen LogP contribution >= 0.6 is 17.0 Å². The molecule has 0 aromatic carbocycles. The number of hydrogen-bond acceptors (Lipinski definition) is 1. The third-order valence-corrected chi connectivity index (χ3v) is 1.01. The molecular weight excluding hydrogens is 180 g/mol. The van der Waals surface area contributed by atoms with Crippen LogP contribution < -0.4 is 0 Å². The lowest BCUT2D eigenvalue weighted by atomic mass is 10.5. The Kier molecular flexibility index (Phi) is 4.40. The molecule has 3 heteroatoms. The summed E-state index contributed by atoms with van der Waals surface area (Å²) in [5, 5.41) is 4.02. The summed E-state index contributed by atoms with van der Waals surface area (Å²) in [6.45, 7) is 3.18. The minimum atomic E-state index is 0. The second-order valence-corrected chi connectivity index (χ2v) is 1.77. The highest BCUT2D eigenvalue weighted by molar-refractivity contribution is 8.93. The molecule has 0 radical (unpaired) electrons. The van der Waals surface area contributed by atoms with Gasteiger partial charge in [-0.05, 0) is 12.5 Å². The molecule has 52 valence electrons. The summed E-state index contributed by atoms with van der Waals surface area (Å²) < 4.78 is 1.93. The van der Waals surface area contributed by atoms with E-state index >= 15 is 0 Å². The van der Waals surface area contributed by atoms with Crippen LogP contribution in [0, 0.1) is 0 Å². The Balaban J connectivity index is 0.000000640. The SMILES string of the molecule is Br.CCCn1cccn1. The van der Waals surface area contributed by atoms with Gasteiger partial charge in [-0.25, -0.2) is 0 Å². The van der Waals surface area contributed by atoms with Gasteiger partial charge in [-0.2, -0.15) is 5.10 Å². The van der Waals surface area contributed by atoms with Gasteiger partial charge in [-0.3, -0.25) is 4.68 Å². The highest BCUT2D eigenvalue weighted by atomic mass is 79.9. The van der Waals surface area contributed by atoms with E-state index in [1.807, 2.05) is 16.9 Å². The highest BCUT2D eigenvalue weighted by Crippen LogP contribution is 1.85. The fraction of sp³-hybridized carbons (Fsp3) is 0.500. The Bertz CT molecular complexity index is 137. The summed E-state index contributed by atoms with van der Waals surface area (Å²) in [4.78, 5) is 0. The van der Waals surface area contributed by atoms with Crippen LogP contribution in [-0.2, 0) is 6.54 Å². The Morgan fingerprint density at radius 2 is 2.33 bits per heavy atom. The molecular formula is C6H11BrN2. The summed E-state index contributed by atoms with van der Waals surface area (Å²) in [7, 11) is 0. The zero-order valence-corrected chi connectivity index (χ0v) is 7.16. The fourth-order valence-electron chi connectivity index (χ4n) is 0.662. The quantitative estimate of drug-likeness (QED) is 0.697. The molecule has 0 spiro atoms. The van der Waals surface area contributed by atoms with Crippen molar-refractivity contribution in [2.75, 3.05) is 0 Å². The molecule has 0 aliphatic heterocycles. The normalized spacial score (nSPS) is 8.56. The Labute approximate surface area is 65.6 Å². The molecule has 0 aliphatic rings. The van der Waals surface area contributed by atoms with Crippen molar-refractivity contribution >= 4 is 17.0 Å². The van der Waals surface area contributed by atoms with Crippen molar-refractivity contribution in [2.45, 2.75) is 19.9 Å². The minimum Gasteiger partial charge on any atom is -0.273 e. The van der Waals surface area contributed by atoms with Crippen molar-refractivity contribution in [1.82, 2.24) is 9.78 Å². The number of nitrogens with zero attached hydrogens (tertiary/aromatic N) is 2. The van der Waals surface area contributed by atoms with E-state index in [-0.39, 0.29) is 17.0 Å². The van der Waals surface area contributed by atoms with Gasteiger partial charge in [-0.15, -0.1) is 17.0 Å². The number of hydrogen-bond donors (Lipinski definition) is 0. The van der Waals surface area contributed by atoms with Crippen molar-refractivity contribution in [3.63, 3.8) is 0 Å². The van der Waals surface area contributed by atoms with Gasteiger partial charge < -0.3 is 0 Å². The molecule has 0 bridgehead atoms. The maximum atomic E-state index is 4.02. The molecule has 0 saturated carbocycles. The van der Waals surface area contributed by atoms with E-state index < -0.39 is 0 Å². The molecule has 1 rings (SSSR count). The molecule has 0 amide bonds. The first-order valence-corrected chi connectivity index (χ1v) is 2.91. The van der Waals surface area contributed by atoms with E-state index in [0.29, 0.717) is 0 Å². The zero-order valence-electron chi connectivity index (χ0n) is 5.45. The van der Waals surface area contributed by atoms with Crippen LogP contribution in [-0.4, -0.2) is 9.78 Å². The summed E-state index contributed by atoms with van der Waals surface area (Å²) in [6, 6.07) is 1.94. The van der Waals surface area contributed by atoms with Crippen LogP contribution in [0.1, 0.15) is 13.3 Å². The highest BCUT2D eigenvalue weighted by Gasteiger charge is 1.82. The third kappa shape index (κ3) is 2.65. The molecule has 2 nitrogen and oxygen atoms in total. The second-order valence-electron chi connectivity index (χ2n) is 1.77. The standard InChI is InChI=1S/C6H10N2.BrH/c1-2-5-8-6-3-4-7-8;/h3-4,6H,2,5H2,1H3;1H. The van der Waals surface area contributed by atoms with Gasteiger partial charge in [0, 0.05) is 18.9 Å². The first-order valence-electron chi connectivity index (χ1n) is 2.91. The smallest absolute Gasteiger partial charge is 0.0489 e. The molecule has 0 unspecified atom stereocenters. The number of rotatable bonds is 2. The second kappa shape index (κ2) is 4.56. The van der Waals surface area contributed by atoms with Crippen molar-refractivity contribution in [1.29, 1.82) is 0 Å². The molecule has 0 N–H and O–H groups in total. The summed E-state index contributed by atoms with van der Waals surface area (Å²) in [5.41, 5.74) is 0. The number of aromatic nitrogens is 2. The average molecular weight is 191 g/mol. The first-order chi connectivity index (χ1) is 3.93.